The molecule has 0 fully saturated rings. The Bertz CT molecular complexity index is 1100. The van der Waals surface area contributed by atoms with Crippen molar-refractivity contribution in [2.75, 3.05) is 5.32 Å². The van der Waals surface area contributed by atoms with E-state index in [-0.39, 0.29) is 0 Å². The van der Waals surface area contributed by atoms with Gasteiger partial charge in [0.25, 0.3) is 0 Å². The average molecular weight is 382 g/mol. The van der Waals surface area contributed by atoms with E-state index in [0.717, 1.165) is 27.7 Å². The zero-order valence-electron chi connectivity index (χ0n) is 15.2. The van der Waals surface area contributed by atoms with Gasteiger partial charge in [-0.05, 0) is 44.9 Å². The van der Waals surface area contributed by atoms with Gasteiger partial charge < -0.3 is 5.32 Å². The van der Waals surface area contributed by atoms with E-state index in [4.69, 9.17) is 16.6 Å². The molecule has 26 heavy (non-hydrogen) atoms. The van der Waals surface area contributed by atoms with E-state index in [2.05, 4.69) is 55.6 Å². The van der Waals surface area contributed by atoms with E-state index in [0.29, 0.717) is 5.02 Å². The van der Waals surface area contributed by atoms with Crippen molar-refractivity contribution in [3.63, 3.8) is 0 Å². The molecular formula is C21H20ClN3S. The Balaban J connectivity index is 1.99. The summed E-state index contributed by atoms with van der Waals surface area (Å²) in [6, 6.07) is 14.2. The molecule has 0 aliphatic heterocycles. The van der Waals surface area contributed by atoms with Crippen LogP contribution in [0.5, 0.6) is 0 Å². The third-order valence-corrected chi connectivity index (χ3v) is 6.18. The molecule has 4 aromatic rings. The number of benzene rings is 2. The van der Waals surface area contributed by atoms with Crippen molar-refractivity contribution in [1.82, 2.24) is 9.38 Å². The topological polar surface area (TPSA) is 29.3 Å². The molecule has 0 amide bonds. The second-order valence-corrected chi connectivity index (χ2v) is 8.13. The van der Waals surface area contributed by atoms with Crippen LogP contribution in [0.2, 0.25) is 5.02 Å². The number of fused-ring (bicyclic) bond motifs is 1. The Morgan fingerprint density at radius 2 is 1.65 bits per heavy atom. The predicted molar refractivity (Wildman–Crippen MR) is 112 cm³/mol. The van der Waals surface area contributed by atoms with Crippen molar-refractivity contribution in [2.45, 2.75) is 27.7 Å². The van der Waals surface area contributed by atoms with Crippen LogP contribution in [-0.4, -0.2) is 9.38 Å². The van der Waals surface area contributed by atoms with Crippen LogP contribution in [0, 0.1) is 27.7 Å². The highest BCUT2D eigenvalue weighted by Gasteiger charge is 2.21. The Labute approximate surface area is 162 Å². The molecule has 2 aromatic carbocycles. The minimum absolute atomic E-state index is 0.706. The molecule has 1 N–H and O–H groups in total. The average Bonchev–Trinajstić information content (AvgIpc) is 3.08. The van der Waals surface area contributed by atoms with Gasteiger partial charge in [0.15, 0.2) is 4.96 Å². The lowest BCUT2D eigenvalue weighted by Crippen LogP contribution is -2.01. The van der Waals surface area contributed by atoms with Gasteiger partial charge in [-0.15, -0.1) is 11.3 Å². The van der Waals surface area contributed by atoms with Crippen LogP contribution in [0.1, 0.15) is 21.7 Å². The number of rotatable bonds is 3. The molecule has 0 atom stereocenters. The summed E-state index contributed by atoms with van der Waals surface area (Å²) >= 11 is 8.19. The summed E-state index contributed by atoms with van der Waals surface area (Å²) in [7, 11) is 0. The first-order valence-electron chi connectivity index (χ1n) is 8.54. The lowest BCUT2D eigenvalue weighted by atomic mass is 10.1. The minimum atomic E-state index is 0.706. The molecule has 2 aromatic heterocycles. The van der Waals surface area contributed by atoms with Gasteiger partial charge >= 0.3 is 0 Å². The maximum absolute atomic E-state index is 6.49. The lowest BCUT2D eigenvalue weighted by molar-refractivity contribution is 1.11. The van der Waals surface area contributed by atoms with Gasteiger partial charge in [-0.25, -0.2) is 4.98 Å². The largest absolute Gasteiger partial charge is 0.339 e. The normalized spacial score (nSPS) is 11.3. The second-order valence-electron chi connectivity index (χ2n) is 6.54. The van der Waals surface area contributed by atoms with Gasteiger partial charge in [-0.1, -0.05) is 48.0 Å². The Morgan fingerprint density at radius 1 is 0.962 bits per heavy atom. The third kappa shape index (κ3) is 2.70. The maximum Gasteiger partial charge on any atom is 0.196 e. The summed E-state index contributed by atoms with van der Waals surface area (Å²) in [6.07, 6.45) is 0. The van der Waals surface area contributed by atoms with Crippen LogP contribution in [0.3, 0.4) is 0 Å². The summed E-state index contributed by atoms with van der Waals surface area (Å²) in [6.45, 7) is 8.50. The molecule has 0 aliphatic rings. The molecule has 0 unspecified atom stereocenters. The highest BCUT2D eigenvalue weighted by atomic mass is 35.5. The fourth-order valence-corrected chi connectivity index (χ4v) is 4.43. The van der Waals surface area contributed by atoms with Crippen molar-refractivity contribution in [3.8, 4) is 11.3 Å². The van der Waals surface area contributed by atoms with Crippen LogP contribution in [0.25, 0.3) is 16.2 Å². The number of nitrogens with one attached hydrogen (secondary N) is 1. The standard InChI is InChI=1S/C21H20ClN3S/c1-12-8-7-9-13(2)18(12)23-20-19(16-10-5-6-11-17(16)22)24-21-25(20)14(3)15(4)26-21/h5-11,23H,1-4H3. The van der Waals surface area contributed by atoms with Gasteiger partial charge in [0, 0.05) is 21.8 Å². The summed E-state index contributed by atoms with van der Waals surface area (Å²) in [5, 5.41) is 4.37. The molecule has 5 heteroatoms. The van der Waals surface area contributed by atoms with E-state index in [1.807, 2.05) is 24.3 Å². The Kier molecular flexibility index (Phi) is 4.25. The molecule has 0 aliphatic carbocycles. The highest BCUT2D eigenvalue weighted by Crippen LogP contribution is 2.39. The molecule has 0 saturated heterocycles. The van der Waals surface area contributed by atoms with Gasteiger partial charge in [-0.3, -0.25) is 4.40 Å². The summed E-state index contributed by atoms with van der Waals surface area (Å²) in [5.74, 6) is 0.965. The first-order chi connectivity index (χ1) is 12.5. The first-order valence-corrected chi connectivity index (χ1v) is 9.73. The highest BCUT2D eigenvalue weighted by molar-refractivity contribution is 7.17. The van der Waals surface area contributed by atoms with Crippen LogP contribution >= 0.6 is 22.9 Å². The smallest absolute Gasteiger partial charge is 0.196 e. The van der Waals surface area contributed by atoms with Gasteiger partial charge in [0.1, 0.15) is 11.5 Å². The summed E-state index contributed by atoms with van der Waals surface area (Å²) in [5.41, 5.74) is 6.54. The first kappa shape index (κ1) is 17.1. The monoisotopic (exact) mass is 381 g/mol. The quantitative estimate of drug-likeness (QED) is 0.428. The van der Waals surface area contributed by atoms with Gasteiger partial charge in [-0.2, -0.15) is 0 Å². The SMILES string of the molecule is Cc1cccc(C)c1Nc1c(-c2ccccc2Cl)nc2sc(C)c(C)n12. The molecule has 0 bridgehead atoms. The zero-order chi connectivity index (χ0) is 18.4. The number of aromatic nitrogens is 2. The van der Waals surface area contributed by atoms with Crippen LogP contribution < -0.4 is 5.32 Å². The van der Waals surface area contributed by atoms with Crippen molar-refractivity contribution in [1.29, 1.82) is 0 Å². The van der Waals surface area contributed by atoms with E-state index >= 15 is 0 Å². The predicted octanol–water partition coefficient (Wildman–Crippen LogP) is 6.69. The van der Waals surface area contributed by atoms with Crippen molar-refractivity contribution < 1.29 is 0 Å². The van der Waals surface area contributed by atoms with Crippen molar-refractivity contribution in [2.24, 2.45) is 0 Å². The van der Waals surface area contributed by atoms with E-state index in [9.17, 15) is 0 Å². The van der Waals surface area contributed by atoms with Gasteiger partial charge in [0.2, 0.25) is 0 Å². The number of aryl methyl sites for hydroxylation is 4. The molecule has 0 spiro atoms. The van der Waals surface area contributed by atoms with Crippen LogP contribution in [0.4, 0.5) is 11.5 Å². The molecule has 4 rings (SSSR count). The molecule has 0 saturated carbocycles. The Hall–Kier alpha value is -2.30. The molecular weight excluding hydrogens is 362 g/mol. The maximum atomic E-state index is 6.49. The molecule has 3 nitrogen and oxygen atoms in total. The number of hydrogen-bond acceptors (Lipinski definition) is 3. The number of thiazole rings is 1. The number of imidazole rings is 1. The van der Waals surface area contributed by atoms with E-state index in [1.165, 1.54) is 21.7 Å². The zero-order valence-corrected chi connectivity index (χ0v) is 16.8. The second kappa shape index (κ2) is 6.45. The van der Waals surface area contributed by atoms with Crippen LogP contribution in [0.15, 0.2) is 42.5 Å². The summed E-state index contributed by atoms with van der Waals surface area (Å²) in [4.78, 5) is 7.16. The molecule has 0 radical (unpaired) electrons. The number of para-hydroxylation sites is 1. The van der Waals surface area contributed by atoms with E-state index < -0.39 is 0 Å². The number of halogens is 1. The number of anilines is 2. The van der Waals surface area contributed by atoms with E-state index in [1.54, 1.807) is 11.3 Å². The minimum Gasteiger partial charge on any atom is -0.339 e. The number of hydrogen-bond donors (Lipinski definition) is 1. The number of nitrogens with zero attached hydrogens (tertiary/aromatic N) is 2. The van der Waals surface area contributed by atoms with Gasteiger partial charge in [0.05, 0.1) is 5.02 Å². The molecule has 132 valence electrons. The summed E-state index contributed by atoms with van der Waals surface area (Å²) < 4.78 is 2.20. The molecule has 2 heterocycles. The van der Waals surface area contributed by atoms with Crippen molar-refractivity contribution in [3.05, 3.63) is 69.2 Å². The lowest BCUT2D eigenvalue weighted by Gasteiger charge is -2.14. The fourth-order valence-electron chi connectivity index (χ4n) is 3.23. The van der Waals surface area contributed by atoms with Crippen molar-refractivity contribution >= 4 is 39.4 Å². The third-order valence-electron chi connectivity index (χ3n) is 4.79. The fraction of sp³-hybridized carbons (Fsp3) is 0.190. The Morgan fingerprint density at radius 3 is 2.35 bits per heavy atom. The van der Waals surface area contributed by atoms with Crippen LogP contribution in [-0.2, 0) is 0 Å².